The highest BCUT2D eigenvalue weighted by Crippen LogP contribution is 2.55. The van der Waals surface area contributed by atoms with E-state index in [1.54, 1.807) is 0 Å². The van der Waals surface area contributed by atoms with E-state index in [2.05, 4.69) is 28.2 Å². The van der Waals surface area contributed by atoms with Crippen LogP contribution in [0.3, 0.4) is 0 Å². The maximum absolute atomic E-state index is 4.27. The molecule has 3 rings (SSSR count). The number of hydrogen-bond acceptors (Lipinski definition) is 2. The topological polar surface area (TPSA) is 29.9 Å². The molecule has 0 spiro atoms. The molecule has 0 bridgehead atoms. The summed E-state index contributed by atoms with van der Waals surface area (Å²) in [6.45, 7) is 3.37. The zero-order chi connectivity index (χ0) is 8.89. The number of piperidine rings is 1. The van der Waals surface area contributed by atoms with Crippen LogP contribution in [0.4, 0.5) is 0 Å². The third-order valence-corrected chi connectivity index (χ3v) is 3.42. The van der Waals surface area contributed by atoms with E-state index >= 15 is 0 Å². The van der Waals surface area contributed by atoms with Crippen molar-refractivity contribution in [1.82, 2.24) is 15.1 Å². The minimum absolute atomic E-state index is 0.547. The fourth-order valence-corrected chi connectivity index (χ4v) is 2.78. The summed E-state index contributed by atoms with van der Waals surface area (Å²) in [5, 5.41) is 7.87. The van der Waals surface area contributed by atoms with Crippen LogP contribution in [-0.2, 0) is 6.54 Å². The van der Waals surface area contributed by atoms with Crippen molar-refractivity contribution in [3.8, 4) is 0 Å². The summed E-state index contributed by atoms with van der Waals surface area (Å²) in [5.74, 6) is 0. The Morgan fingerprint density at radius 3 is 3.15 bits per heavy atom. The minimum atomic E-state index is 0.547. The van der Waals surface area contributed by atoms with E-state index in [4.69, 9.17) is 0 Å². The molecule has 0 radical (unpaired) electrons. The molecular weight excluding hydrogens is 162 g/mol. The van der Waals surface area contributed by atoms with Gasteiger partial charge >= 0.3 is 0 Å². The monoisotopic (exact) mass is 177 g/mol. The normalized spacial score (nSPS) is 41.9. The Morgan fingerprint density at radius 1 is 1.62 bits per heavy atom. The molecular formula is C10H15N3. The van der Waals surface area contributed by atoms with Crippen LogP contribution in [0.1, 0.15) is 19.8 Å². The molecule has 1 unspecified atom stereocenters. The highest BCUT2D eigenvalue weighted by atomic mass is 15.3. The Morgan fingerprint density at radius 2 is 2.54 bits per heavy atom. The van der Waals surface area contributed by atoms with Crippen LogP contribution in [0, 0.1) is 5.41 Å². The van der Waals surface area contributed by atoms with E-state index in [0.717, 1.165) is 12.6 Å². The highest BCUT2D eigenvalue weighted by molar-refractivity contribution is 5.14. The van der Waals surface area contributed by atoms with Crippen LogP contribution < -0.4 is 5.32 Å². The largest absolute Gasteiger partial charge is 0.311 e. The van der Waals surface area contributed by atoms with Crippen molar-refractivity contribution < 1.29 is 0 Å². The molecule has 13 heavy (non-hydrogen) atoms. The number of aromatic nitrogens is 2. The molecule has 1 N–H and O–H groups in total. The van der Waals surface area contributed by atoms with Gasteiger partial charge in [-0.1, -0.05) is 0 Å². The second-order valence-corrected chi connectivity index (χ2v) is 4.59. The van der Waals surface area contributed by atoms with Crippen molar-refractivity contribution in [2.45, 2.75) is 38.4 Å². The Balaban J connectivity index is 1.74. The predicted octanol–water partition coefficient (Wildman–Crippen LogP) is 1.02. The standard InChI is InChI=1S/C10H15N3/c1-8-5-10(6-9(10)12-8)7-13-4-2-3-11-13/h2-4,8-9,12H,5-7H2,1H3/t8-,9?,10+/m1/s1. The van der Waals surface area contributed by atoms with Gasteiger partial charge in [-0.25, -0.2) is 0 Å². The predicted molar refractivity (Wildman–Crippen MR) is 50.3 cm³/mol. The summed E-state index contributed by atoms with van der Waals surface area (Å²) in [7, 11) is 0. The Bertz CT molecular complexity index is 306. The summed E-state index contributed by atoms with van der Waals surface area (Å²) >= 11 is 0. The van der Waals surface area contributed by atoms with Gasteiger partial charge in [0.2, 0.25) is 0 Å². The summed E-state index contributed by atoms with van der Waals surface area (Å²) in [6, 6.07) is 3.47. The van der Waals surface area contributed by atoms with Gasteiger partial charge in [0, 0.05) is 36.4 Å². The quantitative estimate of drug-likeness (QED) is 0.731. The van der Waals surface area contributed by atoms with Crippen molar-refractivity contribution in [1.29, 1.82) is 0 Å². The molecule has 1 aromatic heterocycles. The smallest absolute Gasteiger partial charge is 0.0489 e. The lowest BCUT2D eigenvalue weighted by atomic mass is 10.0. The average molecular weight is 177 g/mol. The molecule has 3 heteroatoms. The zero-order valence-corrected chi connectivity index (χ0v) is 7.90. The molecule has 70 valence electrons. The zero-order valence-electron chi connectivity index (χ0n) is 7.90. The minimum Gasteiger partial charge on any atom is -0.311 e. The van der Waals surface area contributed by atoms with Gasteiger partial charge in [0.1, 0.15) is 0 Å². The summed E-state index contributed by atoms with van der Waals surface area (Å²) in [4.78, 5) is 0. The van der Waals surface area contributed by atoms with E-state index in [-0.39, 0.29) is 0 Å². The van der Waals surface area contributed by atoms with Gasteiger partial charge in [-0.2, -0.15) is 5.10 Å². The third-order valence-electron chi connectivity index (χ3n) is 3.42. The van der Waals surface area contributed by atoms with Crippen LogP contribution in [0.5, 0.6) is 0 Å². The lowest BCUT2D eigenvalue weighted by Gasteiger charge is -2.12. The van der Waals surface area contributed by atoms with Crippen LogP contribution in [0.2, 0.25) is 0 Å². The highest BCUT2D eigenvalue weighted by Gasteiger charge is 2.59. The van der Waals surface area contributed by atoms with Crippen LogP contribution in [0.25, 0.3) is 0 Å². The first-order valence-electron chi connectivity index (χ1n) is 5.02. The fraction of sp³-hybridized carbons (Fsp3) is 0.700. The third kappa shape index (κ3) is 1.10. The second-order valence-electron chi connectivity index (χ2n) is 4.59. The molecule has 2 aliphatic rings. The van der Waals surface area contributed by atoms with Crippen LogP contribution in [-0.4, -0.2) is 21.9 Å². The fourth-order valence-electron chi connectivity index (χ4n) is 2.78. The maximum Gasteiger partial charge on any atom is 0.0489 e. The van der Waals surface area contributed by atoms with Crippen LogP contribution >= 0.6 is 0 Å². The first kappa shape index (κ1) is 7.56. The van der Waals surface area contributed by atoms with Gasteiger partial charge in [0.15, 0.2) is 0 Å². The van der Waals surface area contributed by atoms with Crippen molar-refractivity contribution in [2.75, 3.05) is 0 Å². The lowest BCUT2D eigenvalue weighted by molar-refractivity contribution is 0.383. The first-order chi connectivity index (χ1) is 6.28. The first-order valence-corrected chi connectivity index (χ1v) is 5.02. The summed E-state index contributed by atoms with van der Waals surface area (Å²) < 4.78 is 2.07. The van der Waals surface area contributed by atoms with E-state index in [0.29, 0.717) is 11.5 Å². The number of hydrogen-bond donors (Lipinski definition) is 1. The molecule has 1 saturated heterocycles. The SMILES string of the molecule is C[C@@H]1C[C@@]2(Cn3cccn3)CC2N1. The molecule has 2 heterocycles. The van der Waals surface area contributed by atoms with E-state index < -0.39 is 0 Å². The van der Waals surface area contributed by atoms with E-state index in [1.807, 2.05) is 12.3 Å². The number of nitrogens with zero attached hydrogens (tertiary/aromatic N) is 2. The van der Waals surface area contributed by atoms with Gasteiger partial charge in [0.25, 0.3) is 0 Å². The summed E-state index contributed by atoms with van der Waals surface area (Å²) in [5.41, 5.74) is 0.547. The molecule has 2 fully saturated rings. The van der Waals surface area contributed by atoms with Gasteiger partial charge < -0.3 is 5.32 Å². The lowest BCUT2D eigenvalue weighted by Crippen LogP contribution is -2.21. The van der Waals surface area contributed by atoms with Crippen molar-refractivity contribution in [2.24, 2.45) is 5.41 Å². The molecule has 1 aliphatic carbocycles. The van der Waals surface area contributed by atoms with Gasteiger partial charge in [-0.3, -0.25) is 4.68 Å². The van der Waals surface area contributed by atoms with Gasteiger partial charge in [0.05, 0.1) is 0 Å². The van der Waals surface area contributed by atoms with E-state index in [1.165, 1.54) is 12.8 Å². The van der Waals surface area contributed by atoms with Crippen molar-refractivity contribution in [3.63, 3.8) is 0 Å². The summed E-state index contributed by atoms with van der Waals surface area (Å²) in [6.07, 6.45) is 6.58. The molecule has 1 aromatic rings. The molecule has 3 atom stereocenters. The molecule has 0 aromatic carbocycles. The molecule has 3 nitrogen and oxygen atoms in total. The number of rotatable bonds is 2. The average Bonchev–Trinajstić information content (AvgIpc) is 2.52. The van der Waals surface area contributed by atoms with Gasteiger partial charge in [-0.05, 0) is 25.8 Å². The van der Waals surface area contributed by atoms with Gasteiger partial charge in [-0.15, -0.1) is 0 Å². The Labute approximate surface area is 78.1 Å². The van der Waals surface area contributed by atoms with Crippen LogP contribution in [0.15, 0.2) is 18.5 Å². The van der Waals surface area contributed by atoms with Crippen molar-refractivity contribution >= 4 is 0 Å². The molecule has 1 aliphatic heterocycles. The molecule has 1 saturated carbocycles. The second kappa shape index (κ2) is 2.35. The van der Waals surface area contributed by atoms with Crippen molar-refractivity contribution in [3.05, 3.63) is 18.5 Å². The number of nitrogens with one attached hydrogen (secondary N) is 1. The maximum atomic E-state index is 4.27. The Kier molecular flexibility index (Phi) is 1.37. The number of fused-ring (bicyclic) bond motifs is 1. The molecule has 0 amide bonds. The Hall–Kier alpha value is -0.830. The van der Waals surface area contributed by atoms with E-state index in [9.17, 15) is 0 Å².